The van der Waals surface area contributed by atoms with Crippen molar-refractivity contribution in [1.82, 2.24) is 15.1 Å². The highest BCUT2D eigenvalue weighted by Crippen LogP contribution is 2.40. The number of nitrogens with zero attached hydrogens (tertiary/aromatic N) is 2. The lowest BCUT2D eigenvalue weighted by Gasteiger charge is -2.13. The van der Waals surface area contributed by atoms with Gasteiger partial charge in [-0.05, 0) is 91.4 Å². The highest BCUT2D eigenvalue weighted by molar-refractivity contribution is 8.26. The number of Topliss-reactive ketones (excluding diaryl/α,β-unsaturated/α-hetero) is 2. The fourth-order valence-electron chi connectivity index (χ4n) is 7.22. The molecule has 0 saturated carbocycles. The van der Waals surface area contributed by atoms with Crippen LogP contribution in [0.1, 0.15) is 94.0 Å². The number of benzene rings is 6. The van der Waals surface area contributed by atoms with Gasteiger partial charge in [0.25, 0.3) is 5.91 Å². The Morgan fingerprint density at radius 3 is 1.30 bits per heavy atom. The second-order valence-electron chi connectivity index (χ2n) is 15.6. The summed E-state index contributed by atoms with van der Waals surface area (Å²) in [6.07, 6.45) is 0.750. The Balaban J connectivity index is 0.000000266. The van der Waals surface area contributed by atoms with Gasteiger partial charge >= 0.3 is 5.97 Å². The third-order valence-corrected chi connectivity index (χ3v) is 10.9. The highest BCUT2D eigenvalue weighted by Gasteiger charge is 2.31. The molecule has 384 valence electrons. The Morgan fingerprint density at radius 1 is 0.603 bits per heavy atom. The van der Waals surface area contributed by atoms with Crippen molar-refractivity contribution in [2.45, 2.75) is 20.8 Å². The first-order valence-electron chi connectivity index (χ1n) is 22.6. The van der Waals surface area contributed by atoms with Gasteiger partial charge in [0.1, 0.15) is 11.5 Å². The first-order chi connectivity index (χ1) is 34.9. The van der Waals surface area contributed by atoms with Gasteiger partial charge in [-0.1, -0.05) is 93.6 Å². The molecule has 15 nitrogen and oxygen atoms in total. The van der Waals surface area contributed by atoms with Gasteiger partial charge in [0, 0.05) is 85.5 Å². The summed E-state index contributed by atoms with van der Waals surface area (Å²) >= 11 is 0. The maximum atomic E-state index is 12.8. The van der Waals surface area contributed by atoms with Crippen LogP contribution < -0.4 is 20.5 Å². The number of fused-ring (bicyclic) bond motifs is 6. The summed E-state index contributed by atoms with van der Waals surface area (Å²) in [7, 11) is 13.9. The Bertz CT molecular complexity index is 2880. The monoisotopic (exact) mass is 1050 g/mol. The van der Waals surface area contributed by atoms with Crippen LogP contribution in [0.2, 0.25) is 0 Å². The highest BCUT2D eigenvalue weighted by atomic mass is 36.0. The van der Waals surface area contributed by atoms with Crippen LogP contribution in [0.4, 0.5) is 0 Å². The van der Waals surface area contributed by atoms with Crippen LogP contribution in [0.25, 0.3) is 22.3 Å². The Morgan fingerprint density at radius 2 is 0.959 bits per heavy atom. The summed E-state index contributed by atoms with van der Waals surface area (Å²) in [5.41, 5.74) is 11.7. The van der Waals surface area contributed by atoms with E-state index in [9.17, 15) is 33.6 Å². The quantitative estimate of drug-likeness (QED) is 0.0558. The molecule has 4 N–H and O–H groups in total. The number of rotatable bonds is 13. The van der Waals surface area contributed by atoms with E-state index in [1.165, 1.54) is 30.6 Å². The fourth-order valence-corrected chi connectivity index (χ4v) is 7.22. The van der Waals surface area contributed by atoms with E-state index in [0.29, 0.717) is 61.4 Å². The lowest BCUT2D eigenvalue weighted by molar-refractivity contribution is -0.115. The summed E-state index contributed by atoms with van der Waals surface area (Å²) in [4.78, 5) is 85.2. The van der Waals surface area contributed by atoms with E-state index >= 15 is 0 Å². The van der Waals surface area contributed by atoms with Crippen LogP contribution in [-0.2, 0) is 14.0 Å². The molecule has 0 atom stereocenters. The molecule has 0 saturated heterocycles. The van der Waals surface area contributed by atoms with Gasteiger partial charge in [-0.2, -0.15) is 0 Å². The van der Waals surface area contributed by atoms with E-state index in [1.54, 1.807) is 144 Å². The standard InChI is InChI=1S/C23H17NO4.C14H8O3.C9H11NO2.C6H15N.C3H7NO.Cl2OS/c1-28-15-11-9-14(10-12-15)20(25)13-24-23(27)19-8-4-7-18-21(19)16-5-2-3-6-17(16)22(18)26;15-13-9-5-2-1-4-8(9)12-10(13)6-3-7-11(12)14(16)17;1-12-8-4-2-7(3-5-8)9(11)6-10;1-4-7(5-2)6-3;1-4(2)3-5;1-4(2)3/h2-12H,13H2,1H3,(H,24,27);1-7H,(H,16,17);2-5H,6,10H2,1H3;4-6H2,1-3H3;3H,1-2H3;. The maximum absolute atomic E-state index is 12.8. The molecule has 6 aromatic rings. The largest absolute Gasteiger partial charge is 0.497 e. The molecule has 0 fully saturated rings. The molecule has 0 aliphatic heterocycles. The van der Waals surface area contributed by atoms with Crippen LogP contribution in [0.15, 0.2) is 133 Å². The van der Waals surface area contributed by atoms with E-state index in [2.05, 4.69) is 52.4 Å². The number of nitrogens with two attached hydrogens (primary N) is 1. The van der Waals surface area contributed by atoms with Crippen LogP contribution in [0.3, 0.4) is 0 Å². The summed E-state index contributed by atoms with van der Waals surface area (Å²) in [6.45, 7) is 10.0. The molecule has 6 aromatic carbocycles. The molecule has 2 aliphatic rings. The molecule has 0 unspecified atom stereocenters. The summed E-state index contributed by atoms with van der Waals surface area (Å²) < 4.78 is 19.1. The molecule has 2 aliphatic carbocycles. The number of halogens is 2. The second-order valence-corrected chi connectivity index (χ2v) is 18.1. The van der Waals surface area contributed by atoms with Gasteiger partial charge in [-0.25, -0.2) is 9.00 Å². The van der Waals surface area contributed by atoms with E-state index in [1.807, 2.05) is 12.1 Å². The number of amides is 2. The predicted molar refractivity (Wildman–Crippen MR) is 287 cm³/mol. The molecule has 18 heteroatoms. The number of carboxylic acids is 1. The van der Waals surface area contributed by atoms with E-state index in [-0.39, 0.29) is 47.7 Å². The fraction of sp³-hybridized carbons (Fsp3) is 0.218. The number of carbonyl (C=O) groups excluding carboxylic acids is 6. The number of hydrogen-bond donors (Lipinski definition) is 3. The first-order valence-corrected chi connectivity index (χ1v) is 25.4. The minimum Gasteiger partial charge on any atom is -0.497 e. The minimum absolute atomic E-state index is 0.0479. The van der Waals surface area contributed by atoms with Crippen molar-refractivity contribution in [2.24, 2.45) is 5.73 Å². The van der Waals surface area contributed by atoms with Crippen molar-refractivity contribution in [2.75, 3.05) is 61.0 Å². The van der Waals surface area contributed by atoms with E-state index in [4.69, 9.17) is 24.5 Å². The lowest BCUT2D eigenvalue weighted by Crippen LogP contribution is -2.30. The van der Waals surface area contributed by atoms with Crippen molar-refractivity contribution in [3.63, 3.8) is 0 Å². The van der Waals surface area contributed by atoms with E-state index in [0.717, 1.165) is 17.7 Å². The zero-order valence-corrected chi connectivity index (χ0v) is 43.8. The molecule has 73 heavy (non-hydrogen) atoms. The average Bonchev–Trinajstić information content (AvgIpc) is 3.88. The summed E-state index contributed by atoms with van der Waals surface area (Å²) in [5, 5.41) is 11.8. The average molecular weight is 1050 g/mol. The van der Waals surface area contributed by atoms with Gasteiger partial charge in [0.2, 0.25) is 15.6 Å². The smallest absolute Gasteiger partial charge is 0.336 e. The van der Waals surface area contributed by atoms with Crippen LogP contribution in [0.5, 0.6) is 11.5 Å². The van der Waals surface area contributed by atoms with Gasteiger partial charge in [-0.15, -0.1) is 0 Å². The molecule has 0 spiro atoms. The molecule has 0 aromatic heterocycles. The van der Waals surface area contributed by atoms with Gasteiger partial charge in [0.15, 0.2) is 23.1 Å². The van der Waals surface area contributed by atoms with Crippen molar-refractivity contribution in [1.29, 1.82) is 0 Å². The topological polar surface area (TPSA) is 220 Å². The van der Waals surface area contributed by atoms with Crippen LogP contribution >= 0.6 is 21.4 Å². The molecular formula is C55H58Cl2N4O11S. The van der Waals surface area contributed by atoms with Crippen molar-refractivity contribution in [3.05, 3.63) is 178 Å². The first kappa shape index (κ1) is 60.0. The van der Waals surface area contributed by atoms with Gasteiger partial charge in [0.05, 0.1) is 32.9 Å². The predicted octanol–water partition coefficient (Wildman–Crippen LogP) is 9.05. The molecule has 0 bridgehead atoms. The summed E-state index contributed by atoms with van der Waals surface area (Å²) in [5.74, 6) is -0.451. The van der Waals surface area contributed by atoms with Gasteiger partial charge in [-0.3, -0.25) is 28.8 Å². The zero-order chi connectivity index (χ0) is 54.2. The third-order valence-electron chi connectivity index (χ3n) is 10.9. The lowest BCUT2D eigenvalue weighted by atomic mass is 9.99. The maximum Gasteiger partial charge on any atom is 0.336 e. The number of ether oxygens (including phenoxy) is 2. The molecular weight excluding hydrogens is 996 g/mol. The van der Waals surface area contributed by atoms with Gasteiger partial charge < -0.3 is 35.4 Å². The number of carbonyl (C=O) groups is 7. The van der Waals surface area contributed by atoms with Crippen LogP contribution in [-0.4, -0.2) is 122 Å². The SMILES string of the molecule is CCN(CC)CC.CN(C)C=O.COc1ccc(C(=O)CN)cc1.COc1ccc(C(=O)CNC(=O)c2cccc3c2-c2ccccc2C3=O)cc1.O=C(O)c1cccc2c1-c1ccccc1C2=O.O=S(Cl)Cl. The van der Waals surface area contributed by atoms with Crippen molar-refractivity contribution >= 4 is 72.0 Å². The number of aromatic carboxylic acids is 1. The number of methoxy groups -OCH3 is 2. The van der Waals surface area contributed by atoms with Crippen molar-refractivity contribution in [3.8, 4) is 33.8 Å². The molecule has 8 rings (SSSR count). The normalized spacial score (nSPS) is 10.7. The number of nitrogens with one attached hydrogen (secondary N) is 1. The summed E-state index contributed by atoms with van der Waals surface area (Å²) in [6, 6.07) is 37.8. The van der Waals surface area contributed by atoms with Crippen molar-refractivity contribution < 1.29 is 52.4 Å². The van der Waals surface area contributed by atoms with Crippen LogP contribution in [0, 0.1) is 0 Å². The third kappa shape index (κ3) is 17.2. The van der Waals surface area contributed by atoms with E-state index < -0.39 is 15.2 Å². The molecule has 0 heterocycles. The minimum atomic E-state index is -1.67. The molecule has 2 amide bonds. The zero-order valence-electron chi connectivity index (χ0n) is 41.5. The Labute approximate surface area is 436 Å². The number of hydrogen-bond acceptors (Lipinski definition) is 12. The molecule has 0 radical (unpaired) electrons. The second kappa shape index (κ2) is 30.5. The number of ketones is 4. The number of carboxylic acid groups (broad SMARTS) is 1. The Hall–Kier alpha value is -7.34. The Kier molecular flexibility index (Phi) is 25.1.